The van der Waals surface area contributed by atoms with Crippen molar-refractivity contribution < 1.29 is 28.9 Å². The lowest BCUT2D eigenvalue weighted by atomic mass is 9.83. The van der Waals surface area contributed by atoms with Crippen LogP contribution in [0.3, 0.4) is 0 Å². The van der Waals surface area contributed by atoms with E-state index in [9.17, 15) is 9.59 Å². The first-order valence-electron chi connectivity index (χ1n) is 13.7. The van der Waals surface area contributed by atoms with Crippen LogP contribution in [0.4, 0.5) is 5.69 Å². The molecule has 3 aromatic rings. The minimum Gasteiger partial charge on any atom is -0.494 e. The van der Waals surface area contributed by atoms with Crippen LogP contribution < -0.4 is 15.6 Å². The van der Waals surface area contributed by atoms with Gasteiger partial charge in [-0.2, -0.15) is 0 Å². The molecule has 0 saturated heterocycles. The lowest BCUT2D eigenvalue weighted by molar-refractivity contribution is -0.155. The SMILES string of the molecule is CC(C)(C)OC(=O)CC[C@]1(C(=O)NNc2ccccc2)N=C(c2ccc(OCCCO)cc2)O[C@H]1c1ccccc1. The summed E-state index contributed by atoms with van der Waals surface area (Å²) in [4.78, 5) is 31.8. The fourth-order valence-corrected chi connectivity index (χ4v) is 4.44. The molecule has 0 radical (unpaired) electrons. The maximum absolute atomic E-state index is 14.0. The summed E-state index contributed by atoms with van der Waals surface area (Å²) in [6.07, 6.45) is -0.269. The molecule has 216 valence electrons. The maximum atomic E-state index is 14.0. The number of esters is 1. The number of nitrogens with zero attached hydrogens (tertiary/aromatic N) is 1. The number of rotatable bonds is 12. The smallest absolute Gasteiger partial charge is 0.306 e. The van der Waals surface area contributed by atoms with Crippen LogP contribution in [0.15, 0.2) is 89.9 Å². The molecule has 0 fully saturated rings. The summed E-state index contributed by atoms with van der Waals surface area (Å²) < 4.78 is 17.6. The second-order valence-electron chi connectivity index (χ2n) is 10.7. The molecule has 1 aliphatic rings. The van der Waals surface area contributed by atoms with E-state index in [-0.39, 0.29) is 25.3 Å². The molecule has 3 aromatic carbocycles. The lowest BCUT2D eigenvalue weighted by Gasteiger charge is -2.31. The highest BCUT2D eigenvalue weighted by molar-refractivity contribution is 6.01. The first-order valence-corrected chi connectivity index (χ1v) is 13.7. The minimum atomic E-state index is -1.48. The van der Waals surface area contributed by atoms with Crippen molar-refractivity contribution in [2.75, 3.05) is 18.6 Å². The number of hydrazine groups is 1. The molecule has 0 spiro atoms. The standard InChI is InChI=1S/C32H37N3O6/c1-31(2,3)41-27(37)19-20-32(30(38)35-34-25-13-8-5-9-14-25)28(23-11-6-4-7-12-23)40-29(33-32)24-15-17-26(18-16-24)39-22-10-21-36/h4-9,11-18,28,34,36H,10,19-22H2,1-3H3,(H,35,38)/t28-,32-/m0/s1. The van der Waals surface area contributed by atoms with Gasteiger partial charge in [0.25, 0.3) is 5.91 Å². The molecule has 41 heavy (non-hydrogen) atoms. The van der Waals surface area contributed by atoms with E-state index in [1.54, 1.807) is 45.0 Å². The van der Waals surface area contributed by atoms with Crippen molar-refractivity contribution in [1.29, 1.82) is 0 Å². The Balaban J connectivity index is 1.69. The number of aliphatic hydroxyl groups is 1. The average molecular weight is 560 g/mol. The van der Waals surface area contributed by atoms with E-state index in [4.69, 9.17) is 24.3 Å². The Hall–Kier alpha value is -4.37. The summed E-state index contributed by atoms with van der Waals surface area (Å²) in [7, 11) is 0. The number of carbonyl (C=O) groups is 2. The van der Waals surface area contributed by atoms with Gasteiger partial charge in [-0.05, 0) is 69.2 Å². The van der Waals surface area contributed by atoms with Gasteiger partial charge in [0.1, 0.15) is 11.4 Å². The topological polar surface area (TPSA) is 118 Å². The van der Waals surface area contributed by atoms with E-state index in [1.807, 2.05) is 60.7 Å². The van der Waals surface area contributed by atoms with Gasteiger partial charge in [0.2, 0.25) is 5.90 Å². The van der Waals surface area contributed by atoms with Gasteiger partial charge in [-0.25, -0.2) is 4.99 Å². The Bertz CT molecular complexity index is 1320. The van der Waals surface area contributed by atoms with Crippen molar-refractivity contribution in [2.45, 2.75) is 57.3 Å². The second kappa shape index (κ2) is 13.3. The van der Waals surface area contributed by atoms with Gasteiger partial charge in [-0.15, -0.1) is 0 Å². The third kappa shape index (κ3) is 7.85. The number of benzene rings is 3. The van der Waals surface area contributed by atoms with Crippen molar-refractivity contribution >= 4 is 23.5 Å². The highest BCUT2D eigenvalue weighted by atomic mass is 16.6. The molecule has 1 heterocycles. The van der Waals surface area contributed by atoms with Gasteiger partial charge in [-0.3, -0.25) is 20.4 Å². The van der Waals surface area contributed by atoms with Crippen LogP contribution in [0, 0.1) is 0 Å². The van der Waals surface area contributed by atoms with Crippen molar-refractivity contribution in [2.24, 2.45) is 4.99 Å². The zero-order valence-electron chi connectivity index (χ0n) is 23.6. The normalized spacial score (nSPS) is 18.1. The van der Waals surface area contributed by atoms with Gasteiger partial charge < -0.3 is 19.3 Å². The predicted molar refractivity (Wildman–Crippen MR) is 156 cm³/mol. The minimum absolute atomic E-state index is 0.0445. The van der Waals surface area contributed by atoms with E-state index in [1.165, 1.54) is 0 Å². The number of amides is 1. The van der Waals surface area contributed by atoms with Crippen molar-refractivity contribution in [1.82, 2.24) is 5.43 Å². The largest absolute Gasteiger partial charge is 0.494 e. The Morgan fingerprint density at radius 1 is 0.976 bits per heavy atom. The van der Waals surface area contributed by atoms with Crippen LogP contribution in [0.25, 0.3) is 0 Å². The van der Waals surface area contributed by atoms with E-state index >= 15 is 0 Å². The van der Waals surface area contributed by atoms with Crippen LogP contribution in [0.5, 0.6) is 5.75 Å². The van der Waals surface area contributed by atoms with Crippen molar-refractivity contribution in [3.8, 4) is 5.75 Å². The number of ether oxygens (including phenoxy) is 3. The Morgan fingerprint density at radius 3 is 2.27 bits per heavy atom. The van der Waals surface area contributed by atoms with Crippen LogP contribution >= 0.6 is 0 Å². The van der Waals surface area contributed by atoms with Crippen molar-refractivity contribution in [3.63, 3.8) is 0 Å². The molecule has 1 aliphatic heterocycles. The van der Waals surface area contributed by atoms with E-state index in [0.717, 1.165) is 5.56 Å². The zero-order valence-corrected chi connectivity index (χ0v) is 23.6. The zero-order chi connectivity index (χ0) is 29.3. The maximum Gasteiger partial charge on any atom is 0.306 e. The number of nitrogens with one attached hydrogen (secondary N) is 2. The van der Waals surface area contributed by atoms with Crippen LogP contribution in [0.2, 0.25) is 0 Å². The van der Waals surface area contributed by atoms with Gasteiger partial charge >= 0.3 is 5.97 Å². The number of hydrogen-bond acceptors (Lipinski definition) is 8. The second-order valence-corrected chi connectivity index (χ2v) is 10.7. The highest BCUT2D eigenvalue weighted by Gasteiger charge is 2.53. The number of aliphatic imine (C=N–C) groups is 1. The quantitative estimate of drug-likeness (QED) is 0.163. The fourth-order valence-electron chi connectivity index (χ4n) is 4.44. The number of anilines is 1. The number of hydrogen-bond donors (Lipinski definition) is 3. The molecule has 0 saturated carbocycles. The van der Waals surface area contributed by atoms with Crippen LogP contribution in [-0.4, -0.2) is 47.2 Å². The number of aliphatic hydroxyl groups excluding tert-OH is 1. The summed E-state index contributed by atoms with van der Waals surface area (Å²) in [5.41, 5.74) is 5.70. The molecule has 3 N–H and O–H groups in total. The molecule has 2 atom stereocenters. The third-order valence-electron chi connectivity index (χ3n) is 6.36. The number of carbonyl (C=O) groups excluding carboxylic acids is 2. The first kappa shape index (κ1) is 29.6. The first-order chi connectivity index (χ1) is 19.7. The van der Waals surface area contributed by atoms with Crippen LogP contribution in [0.1, 0.15) is 57.3 Å². The molecule has 4 rings (SSSR count). The molecule has 0 unspecified atom stereocenters. The molecule has 1 amide bonds. The summed E-state index contributed by atoms with van der Waals surface area (Å²) in [6.45, 7) is 5.85. The predicted octanol–water partition coefficient (Wildman–Crippen LogP) is 4.97. The van der Waals surface area contributed by atoms with E-state index < -0.39 is 29.1 Å². The van der Waals surface area contributed by atoms with Gasteiger partial charge in [-0.1, -0.05) is 48.5 Å². The molecule has 0 aromatic heterocycles. The molecular weight excluding hydrogens is 522 g/mol. The fraction of sp³-hybridized carbons (Fsp3) is 0.344. The van der Waals surface area contributed by atoms with Crippen LogP contribution in [-0.2, 0) is 19.1 Å². The molecule has 0 aliphatic carbocycles. The van der Waals surface area contributed by atoms with Crippen molar-refractivity contribution in [3.05, 3.63) is 96.1 Å². The van der Waals surface area contributed by atoms with Gasteiger partial charge in [0.05, 0.1) is 12.3 Å². The highest BCUT2D eigenvalue weighted by Crippen LogP contribution is 2.43. The number of para-hydroxylation sites is 1. The summed E-state index contributed by atoms with van der Waals surface area (Å²) >= 11 is 0. The lowest BCUT2D eigenvalue weighted by Crippen LogP contribution is -2.50. The Morgan fingerprint density at radius 2 is 1.63 bits per heavy atom. The van der Waals surface area contributed by atoms with E-state index in [0.29, 0.717) is 30.0 Å². The molecule has 0 bridgehead atoms. The Labute approximate surface area is 240 Å². The summed E-state index contributed by atoms with van der Waals surface area (Å²) in [5.74, 6) is 0.0412. The Kier molecular flexibility index (Phi) is 9.62. The summed E-state index contributed by atoms with van der Waals surface area (Å²) in [6, 6.07) is 25.8. The third-order valence-corrected chi connectivity index (χ3v) is 6.36. The van der Waals surface area contributed by atoms with Gasteiger partial charge in [0, 0.05) is 25.0 Å². The summed E-state index contributed by atoms with van der Waals surface area (Å²) in [5, 5.41) is 9.00. The average Bonchev–Trinajstić information content (AvgIpc) is 3.36. The monoisotopic (exact) mass is 559 g/mol. The van der Waals surface area contributed by atoms with Gasteiger partial charge in [0.15, 0.2) is 11.6 Å². The molecule has 9 nitrogen and oxygen atoms in total. The molecular formula is C32H37N3O6. The molecule has 9 heteroatoms. The van der Waals surface area contributed by atoms with E-state index in [2.05, 4.69) is 10.9 Å².